The van der Waals surface area contributed by atoms with Gasteiger partial charge in [0.1, 0.15) is 11.5 Å². The van der Waals surface area contributed by atoms with Crippen molar-refractivity contribution in [2.45, 2.75) is 45.4 Å². The fraction of sp³-hybridized carbons (Fsp3) is 0.290. The summed E-state index contributed by atoms with van der Waals surface area (Å²) in [5.41, 5.74) is 3.62. The highest BCUT2D eigenvalue weighted by molar-refractivity contribution is 5.80. The Bertz CT molecular complexity index is 1600. The molecule has 0 bridgehead atoms. The van der Waals surface area contributed by atoms with Crippen molar-refractivity contribution >= 4 is 10.9 Å². The first-order valence-corrected chi connectivity index (χ1v) is 13.4. The van der Waals surface area contributed by atoms with Crippen LogP contribution >= 0.6 is 0 Å². The lowest BCUT2D eigenvalue weighted by molar-refractivity contribution is 0.160. The van der Waals surface area contributed by atoms with Crippen molar-refractivity contribution in [3.8, 4) is 11.5 Å². The second-order valence-electron chi connectivity index (χ2n) is 9.75. The molecule has 0 radical (unpaired) electrons. The highest BCUT2D eigenvalue weighted by Gasteiger charge is 2.26. The summed E-state index contributed by atoms with van der Waals surface area (Å²) in [6.45, 7) is 3.82. The summed E-state index contributed by atoms with van der Waals surface area (Å²) in [5, 5.41) is 13.8. The molecule has 9 heteroatoms. The molecular formula is C31H34N6O3. The van der Waals surface area contributed by atoms with Gasteiger partial charge in [0.25, 0.3) is 5.56 Å². The molecule has 1 N–H and O–H groups in total. The van der Waals surface area contributed by atoms with Crippen LogP contribution in [0.25, 0.3) is 10.9 Å². The predicted molar refractivity (Wildman–Crippen MR) is 154 cm³/mol. The van der Waals surface area contributed by atoms with Gasteiger partial charge in [-0.3, -0.25) is 9.69 Å². The molecule has 0 unspecified atom stereocenters. The molecular weight excluding hydrogens is 504 g/mol. The zero-order valence-electron chi connectivity index (χ0n) is 23.1. The van der Waals surface area contributed by atoms with Gasteiger partial charge >= 0.3 is 0 Å². The van der Waals surface area contributed by atoms with Crippen LogP contribution in [-0.4, -0.2) is 44.3 Å². The summed E-state index contributed by atoms with van der Waals surface area (Å²) < 4.78 is 12.6. The van der Waals surface area contributed by atoms with Crippen molar-refractivity contribution in [2.75, 3.05) is 14.2 Å². The Morgan fingerprint density at radius 1 is 0.900 bits per heavy atom. The first-order valence-electron chi connectivity index (χ1n) is 13.4. The molecule has 0 aliphatic rings. The van der Waals surface area contributed by atoms with Gasteiger partial charge in [-0.1, -0.05) is 49.4 Å². The Kier molecular flexibility index (Phi) is 8.51. The fourth-order valence-corrected chi connectivity index (χ4v) is 5.02. The number of aromatic amines is 1. The maximum absolute atomic E-state index is 13.2. The first kappa shape index (κ1) is 27.1. The summed E-state index contributed by atoms with van der Waals surface area (Å²) in [7, 11) is 3.27. The molecule has 9 nitrogen and oxygen atoms in total. The fourth-order valence-electron chi connectivity index (χ4n) is 5.02. The van der Waals surface area contributed by atoms with E-state index in [0.29, 0.717) is 30.9 Å². The Labute approximate surface area is 233 Å². The minimum absolute atomic E-state index is 0.112. The molecule has 40 heavy (non-hydrogen) atoms. The topological polar surface area (TPSA) is 98.2 Å². The predicted octanol–water partition coefficient (Wildman–Crippen LogP) is 4.93. The minimum atomic E-state index is -0.126. The van der Waals surface area contributed by atoms with Crippen LogP contribution in [0, 0.1) is 0 Å². The number of hydrogen-bond donors (Lipinski definition) is 1. The van der Waals surface area contributed by atoms with Gasteiger partial charge in [-0.2, -0.15) is 0 Å². The summed E-state index contributed by atoms with van der Waals surface area (Å²) >= 11 is 0. The lowest BCUT2D eigenvalue weighted by Gasteiger charge is -2.30. The summed E-state index contributed by atoms with van der Waals surface area (Å²) in [6.07, 6.45) is 1.59. The standard InChI is InChI=1S/C31H34N6O3/c1-4-29(30-33-34-35-37(30)17-16-22-8-6-5-7-9-22)36(20-23-10-13-26(39-2)14-11-23)21-25-18-24-12-15-27(40-3)19-28(24)32-31(25)38/h5-15,18-19,29H,4,16-17,20-21H2,1-3H3,(H,32,38)/t29-/m0/s1. The van der Waals surface area contributed by atoms with Gasteiger partial charge in [-0.05, 0) is 70.1 Å². The Morgan fingerprint density at radius 2 is 1.65 bits per heavy atom. The van der Waals surface area contributed by atoms with Gasteiger partial charge in [0.05, 0.1) is 25.8 Å². The van der Waals surface area contributed by atoms with Gasteiger partial charge in [0.15, 0.2) is 5.82 Å². The number of nitrogens with zero attached hydrogens (tertiary/aromatic N) is 5. The quantitative estimate of drug-likeness (QED) is 0.241. The number of aromatic nitrogens is 5. The van der Waals surface area contributed by atoms with Gasteiger partial charge in [0.2, 0.25) is 0 Å². The molecule has 0 spiro atoms. The number of nitrogens with one attached hydrogen (secondary N) is 1. The van der Waals surface area contributed by atoms with Crippen molar-refractivity contribution in [1.29, 1.82) is 0 Å². The Hall–Kier alpha value is -4.50. The molecule has 3 aromatic carbocycles. The van der Waals surface area contributed by atoms with Crippen LogP contribution in [0.3, 0.4) is 0 Å². The summed E-state index contributed by atoms with van der Waals surface area (Å²) in [5.74, 6) is 2.29. The molecule has 2 aromatic heterocycles. The normalized spacial score (nSPS) is 12.1. The van der Waals surface area contributed by atoms with Crippen LogP contribution in [-0.2, 0) is 26.1 Å². The molecule has 2 heterocycles. The Morgan fingerprint density at radius 3 is 2.38 bits per heavy atom. The minimum Gasteiger partial charge on any atom is -0.497 e. The smallest absolute Gasteiger partial charge is 0.252 e. The lowest BCUT2D eigenvalue weighted by atomic mass is 10.1. The number of fused-ring (bicyclic) bond motifs is 1. The third kappa shape index (κ3) is 6.21. The van der Waals surface area contributed by atoms with Crippen LogP contribution < -0.4 is 15.0 Å². The molecule has 0 saturated heterocycles. The molecule has 5 aromatic rings. The number of tetrazole rings is 1. The van der Waals surface area contributed by atoms with E-state index in [1.807, 2.05) is 71.4 Å². The van der Waals surface area contributed by atoms with E-state index in [1.165, 1.54) is 5.56 Å². The number of ether oxygens (including phenoxy) is 2. The number of H-pyrrole nitrogens is 1. The van der Waals surface area contributed by atoms with E-state index in [-0.39, 0.29) is 11.6 Å². The maximum atomic E-state index is 13.2. The number of methoxy groups -OCH3 is 2. The number of benzene rings is 3. The average Bonchev–Trinajstić information content (AvgIpc) is 3.45. The second kappa shape index (κ2) is 12.6. The summed E-state index contributed by atoms with van der Waals surface area (Å²) in [6, 6.07) is 25.9. The largest absolute Gasteiger partial charge is 0.497 e. The SMILES string of the molecule is CC[C@@H](c1nnnn1CCc1ccccc1)N(Cc1ccc(OC)cc1)Cc1cc2ccc(OC)cc2[nH]c1=O. The van der Waals surface area contributed by atoms with E-state index in [1.54, 1.807) is 14.2 Å². The highest BCUT2D eigenvalue weighted by atomic mass is 16.5. The third-order valence-corrected chi connectivity index (χ3v) is 7.19. The van der Waals surface area contributed by atoms with Crippen LogP contribution in [0.1, 0.15) is 41.9 Å². The molecule has 0 aliphatic carbocycles. The molecule has 1 atom stereocenters. The van der Waals surface area contributed by atoms with Gasteiger partial charge in [0, 0.05) is 31.3 Å². The van der Waals surface area contributed by atoms with Crippen molar-refractivity contribution in [3.63, 3.8) is 0 Å². The zero-order valence-corrected chi connectivity index (χ0v) is 23.1. The molecule has 5 rings (SSSR count). The van der Waals surface area contributed by atoms with Crippen LogP contribution in [0.4, 0.5) is 0 Å². The van der Waals surface area contributed by atoms with Crippen molar-refractivity contribution in [3.05, 3.63) is 112 Å². The monoisotopic (exact) mass is 538 g/mol. The number of rotatable bonds is 12. The molecule has 0 aliphatic heterocycles. The van der Waals surface area contributed by atoms with Gasteiger partial charge < -0.3 is 14.5 Å². The second-order valence-corrected chi connectivity index (χ2v) is 9.75. The van der Waals surface area contributed by atoms with E-state index < -0.39 is 0 Å². The van der Waals surface area contributed by atoms with Gasteiger partial charge in [-0.25, -0.2) is 4.68 Å². The molecule has 0 saturated carbocycles. The van der Waals surface area contributed by atoms with Crippen LogP contribution in [0.2, 0.25) is 0 Å². The van der Waals surface area contributed by atoms with Crippen molar-refractivity contribution < 1.29 is 9.47 Å². The number of aryl methyl sites for hydroxylation is 2. The van der Waals surface area contributed by atoms with Crippen LogP contribution in [0.15, 0.2) is 83.7 Å². The maximum Gasteiger partial charge on any atom is 0.252 e. The highest BCUT2D eigenvalue weighted by Crippen LogP contribution is 2.28. The van der Waals surface area contributed by atoms with E-state index in [9.17, 15) is 4.79 Å². The van der Waals surface area contributed by atoms with E-state index in [2.05, 4.69) is 44.5 Å². The zero-order chi connectivity index (χ0) is 27.9. The van der Waals surface area contributed by atoms with E-state index >= 15 is 0 Å². The molecule has 0 fully saturated rings. The van der Waals surface area contributed by atoms with Crippen LogP contribution in [0.5, 0.6) is 11.5 Å². The van der Waals surface area contributed by atoms with Gasteiger partial charge in [-0.15, -0.1) is 5.10 Å². The van der Waals surface area contributed by atoms with Crippen molar-refractivity contribution in [2.24, 2.45) is 0 Å². The lowest BCUT2D eigenvalue weighted by Crippen LogP contribution is -2.32. The number of pyridine rings is 1. The Balaban J connectivity index is 1.47. The summed E-state index contributed by atoms with van der Waals surface area (Å²) in [4.78, 5) is 18.5. The molecule has 206 valence electrons. The van der Waals surface area contributed by atoms with Crippen molar-refractivity contribution in [1.82, 2.24) is 30.1 Å². The first-order chi connectivity index (χ1) is 19.6. The molecule has 0 amide bonds. The van der Waals surface area contributed by atoms with E-state index in [0.717, 1.165) is 40.9 Å². The average molecular weight is 539 g/mol. The van der Waals surface area contributed by atoms with E-state index in [4.69, 9.17) is 9.47 Å². The third-order valence-electron chi connectivity index (χ3n) is 7.19. The number of hydrogen-bond acceptors (Lipinski definition) is 7.